The number of carbonyl (C=O) groups excluding carboxylic acids is 1. The molecule has 1 aromatic heterocycles. The van der Waals surface area contributed by atoms with Gasteiger partial charge in [0, 0.05) is 30.6 Å². The quantitative estimate of drug-likeness (QED) is 0.848. The molecule has 6 nitrogen and oxygen atoms in total. The Morgan fingerprint density at radius 2 is 1.96 bits per heavy atom. The highest BCUT2D eigenvalue weighted by Gasteiger charge is 2.52. The number of hydrogen-bond acceptors (Lipinski definition) is 6. The number of hydrogen-bond donors (Lipinski definition) is 1. The molecule has 0 aromatic carbocycles. The smallest absolute Gasteiger partial charge is 0.400 e. The van der Waals surface area contributed by atoms with Crippen LogP contribution in [0.4, 0.5) is 0 Å². The second-order valence-corrected chi connectivity index (χ2v) is 7.59. The van der Waals surface area contributed by atoms with Crippen LogP contribution in [0.3, 0.4) is 0 Å². The van der Waals surface area contributed by atoms with Crippen molar-refractivity contribution in [1.82, 2.24) is 9.97 Å². The molecule has 1 fully saturated rings. The molecule has 1 N–H and O–H groups in total. The van der Waals surface area contributed by atoms with Crippen LogP contribution in [0.25, 0.3) is 6.08 Å². The maximum atomic E-state index is 11.3. The summed E-state index contributed by atoms with van der Waals surface area (Å²) in [5.74, 6) is 0.450. The van der Waals surface area contributed by atoms with Gasteiger partial charge < -0.3 is 14.3 Å². The van der Waals surface area contributed by atoms with Gasteiger partial charge in [-0.2, -0.15) is 0 Å². The van der Waals surface area contributed by atoms with Crippen LogP contribution in [0, 0.1) is 0 Å². The summed E-state index contributed by atoms with van der Waals surface area (Å²) in [5, 5.41) is 0.0204. The standard InChI is InChI=1S/C15H21BN2O4S/c1-10(19)23-9-12(6-11-7-17-13(20)18-8-11)16-21-14(2,3)15(4,5)22-16/h6-8H,9H2,1-5H3,(H,17,18,20). The predicted molar refractivity (Wildman–Crippen MR) is 92.1 cm³/mol. The van der Waals surface area contributed by atoms with E-state index in [2.05, 4.69) is 9.97 Å². The maximum Gasteiger partial charge on any atom is 0.491 e. The van der Waals surface area contributed by atoms with Crippen LogP contribution < -0.4 is 5.69 Å². The van der Waals surface area contributed by atoms with E-state index in [4.69, 9.17) is 9.31 Å². The Morgan fingerprint density at radius 1 is 1.35 bits per heavy atom. The summed E-state index contributed by atoms with van der Waals surface area (Å²) in [7, 11) is -0.543. The van der Waals surface area contributed by atoms with Gasteiger partial charge in [-0.15, -0.1) is 0 Å². The fraction of sp³-hybridized carbons (Fsp3) is 0.533. The van der Waals surface area contributed by atoms with Crippen molar-refractivity contribution >= 4 is 30.1 Å². The van der Waals surface area contributed by atoms with Gasteiger partial charge in [-0.25, -0.2) is 9.78 Å². The number of nitrogens with zero attached hydrogens (tertiary/aromatic N) is 1. The summed E-state index contributed by atoms with van der Waals surface area (Å²) in [4.78, 5) is 28.6. The third kappa shape index (κ3) is 4.34. The molecule has 124 valence electrons. The van der Waals surface area contributed by atoms with Gasteiger partial charge in [0.05, 0.1) is 11.2 Å². The molecule has 0 saturated carbocycles. The number of aromatic amines is 1. The third-order valence-corrected chi connectivity index (χ3v) is 4.93. The Hall–Kier alpha value is -1.38. The molecule has 1 aromatic rings. The summed E-state index contributed by atoms with van der Waals surface area (Å²) >= 11 is 1.19. The first-order valence-electron chi connectivity index (χ1n) is 7.35. The molecule has 1 aliphatic rings. The molecular weight excluding hydrogens is 315 g/mol. The number of carbonyl (C=O) groups is 1. The van der Waals surface area contributed by atoms with Crippen molar-refractivity contribution in [2.45, 2.75) is 45.8 Å². The van der Waals surface area contributed by atoms with E-state index in [1.54, 1.807) is 6.20 Å². The molecule has 1 saturated heterocycles. The number of thioether (sulfide) groups is 1. The lowest BCUT2D eigenvalue weighted by molar-refractivity contribution is -0.109. The summed E-state index contributed by atoms with van der Waals surface area (Å²) in [6, 6.07) is 0. The SMILES string of the molecule is CC(=O)SCC(=Cc1cnc(=O)[nH]c1)B1OC(C)(C)C(C)(C)O1. The summed E-state index contributed by atoms with van der Waals surface area (Å²) in [5.41, 5.74) is 0.218. The molecule has 0 radical (unpaired) electrons. The van der Waals surface area contributed by atoms with E-state index in [9.17, 15) is 9.59 Å². The van der Waals surface area contributed by atoms with E-state index >= 15 is 0 Å². The Labute approximate surface area is 140 Å². The molecule has 8 heteroatoms. The van der Waals surface area contributed by atoms with Crippen molar-refractivity contribution < 1.29 is 14.1 Å². The zero-order chi connectivity index (χ0) is 17.3. The van der Waals surface area contributed by atoms with Gasteiger partial charge in [-0.3, -0.25) is 4.79 Å². The van der Waals surface area contributed by atoms with Crippen molar-refractivity contribution in [2.75, 3.05) is 5.75 Å². The molecule has 0 aliphatic carbocycles. The van der Waals surface area contributed by atoms with Crippen LogP contribution in [0.5, 0.6) is 0 Å². The minimum Gasteiger partial charge on any atom is -0.400 e. The minimum absolute atomic E-state index is 0.0204. The lowest BCUT2D eigenvalue weighted by Crippen LogP contribution is -2.41. The van der Waals surface area contributed by atoms with E-state index in [1.807, 2.05) is 33.8 Å². The summed E-state index contributed by atoms with van der Waals surface area (Å²) in [6.07, 6.45) is 4.88. The Morgan fingerprint density at radius 3 is 2.43 bits per heavy atom. The van der Waals surface area contributed by atoms with Gasteiger partial charge in [-0.05, 0) is 33.2 Å². The molecular formula is C15H21BN2O4S. The van der Waals surface area contributed by atoms with E-state index < -0.39 is 24.0 Å². The topological polar surface area (TPSA) is 81.3 Å². The second-order valence-electron chi connectivity index (χ2n) is 6.44. The Bertz CT molecular complexity index is 648. The van der Waals surface area contributed by atoms with Gasteiger partial charge in [0.2, 0.25) is 0 Å². The molecule has 2 heterocycles. The Kier molecular flexibility index (Phi) is 5.18. The monoisotopic (exact) mass is 336 g/mol. The first kappa shape index (κ1) is 18.0. The molecule has 2 rings (SSSR count). The van der Waals surface area contributed by atoms with Gasteiger partial charge in [0.1, 0.15) is 0 Å². The van der Waals surface area contributed by atoms with Crippen LogP contribution in [0.2, 0.25) is 0 Å². The average Bonchev–Trinajstić information content (AvgIpc) is 2.65. The normalized spacial score (nSPS) is 19.9. The number of H-pyrrole nitrogens is 1. The molecule has 0 bridgehead atoms. The fourth-order valence-electron chi connectivity index (χ4n) is 2.00. The van der Waals surface area contributed by atoms with Crippen molar-refractivity contribution in [3.63, 3.8) is 0 Å². The van der Waals surface area contributed by atoms with Crippen LogP contribution in [-0.4, -0.2) is 39.2 Å². The first-order chi connectivity index (χ1) is 10.6. The average molecular weight is 336 g/mol. The van der Waals surface area contributed by atoms with Gasteiger partial charge in [0.25, 0.3) is 0 Å². The fourth-order valence-corrected chi connectivity index (χ4v) is 2.59. The van der Waals surface area contributed by atoms with E-state index in [1.165, 1.54) is 24.9 Å². The number of rotatable bonds is 4. The first-order valence-corrected chi connectivity index (χ1v) is 8.33. The van der Waals surface area contributed by atoms with Crippen LogP contribution >= 0.6 is 11.8 Å². The largest absolute Gasteiger partial charge is 0.491 e. The third-order valence-electron chi connectivity index (χ3n) is 4.04. The highest BCUT2D eigenvalue weighted by Crippen LogP contribution is 2.39. The lowest BCUT2D eigenvalue weighted by atomic mass is 9.78. The van der Waals surface area contributed by atoms with E-state index in [0.29, 0.717) is 5.75 Å². The van der Waals surface area contributed by atoms with Crippen molar-refractivity contribution in [1.29, 1.82) is 0 Å². The van der Waals surface area contributed by atoms with Crippen molar-refractivity contribution in [3.05, 3.63) is 33.9 Å². The predicted octanol–water partition coefficient (Wildman–Crippen LogP) is 2.06. The highest BCUT2D eigenvalue weighted by atomic mass is 32.2. The second kappa shape index (κ2) is 6.63. The summed E-state index contributed by atoms with van der Waals surface area (Å²) in [6.45, 7) is 9.43. The Balaban J connectivity index is 2.29. The zero-order valence-electron chi connectivity index (χ0n) is 14.0. The number of aromatic nitrogens is 2. The molecule has 0 amide bonds. The molecule has 1 aliphatic heterocycles. The van der Waals surface area contributed by atoms with Crippen LogP contribution in [-0.2, 0) is 14.1 Å². The van der Waals surface area contributed by atoms with E-state index in [0.717, 1.165) is 11.0 Å². The van der Waals surface area contributed by atoms with Crippen molar-refractivity contribution in [2.24, 2.45) is 0 Å². The number of nitrogens with one attached hydrogen (secondary N) is 1. The van der Waals surface area contributed by atoms with E-state index in [-0.39, 0.29) is 5.12 Å². The summed E-state index contributed by atoms with van der Waals surface area (Å²) < 4.78 is 12.1. The zero-order valence-corrected chi connectivity index (χ0v) is 14.8. The molecule has 23 heavy (non-hydrogen) atoms. The van der Waals surface area contributed by atoms with Crippen LogP contribution in [0.15, 0.2) is 22.7 Å². The van der Waals surface area contributed by atoms with Gasteiger partial charge in [-0.1, -0.05) is 17.8 Å². The maximum absolute atomic E-state index is 11.3. The van der Waals surface area contributed by atoms with Gasteiger partial charge >= 0.3 is 12.8 Å². The minimum atomic E-state index is -0.543. The van der Waals surface area contributed by atoms with Crippen LogP contribution in [0.1, 0.15) is 40.2 Å². The molecule has 0 unspecified atom stereocenters. The molecule has 0 atom stereocenters. The van der Waals surface area contributed by atoms with Crippen molar-refractivity contribution in [3.8, 4) is 0 Å². The molecule has 0 spiro atoms. The lowest BCUT2D eigenvalue weighted by Gasteiger charge is -2.32. The van der Waals surface area contributed by atoms with Gasteiger partial charge in [0.15, 0.2) is 5.12 Å². The highest BCUT2D eigenvalue weighted by molar-refractivity contribution is 8.13.